The number of amides is 2. The number of nitrogens with zero attached hydrogens (tertiary/aromatic N) is 7. The van der Waals surface area contributed by atoms with E-state index in [1.165, 1.54) is 11.1 Å². The number of aliphatic imine (C=N–C) groups is 1. The number of aromatic nitrogens is 3. The van der Waals surface area contributed by atoms with Crippen molar-refractivity contribution in [3.05, 3.63) is 82.7 Å². The summed E-state index contributed by atoms with van der Waals surface area (Å²) < 4.78 is 22.2. The standard InChI is InChI=1S/C43H52FN7O3/c1-5-29-21-45-38(15-14-37(29)27(2)3)30-8-12-36(13-9-30)54-39-19-31(6-7-32(39)23-49-22-28(4)18-40(49)52)42-46-43(33-20-41(53)50(24-33)35-10-11-35)51(47-42)17-16-48-25-34(44)26-48/h6-9,12-15,19,27-28,33-35H,5,10-11,16-18,20-26H2,1-4H3. The van der Waals surface area contributed by atoms with Crippen molar-refractivity contribution in [3.8, 4) is 22.9 Å². The molecule has 0 radical (unpaired) electrons. The van der Waals surface area contributed by atoms with Gasteiger partial charge in [0, 0.05) is 75.2 Å². The highest BCUT2D eigenvalue weighted by Crippen LogP contribution is 2.38. The average molecular weight is 734 g/mol. The number of hydrogen-bond acceptors (Lipinski definition) is 7. The van der Waals surface area contributed by atoms with Crippen LogP contribution in [-0.2, 0) is 22.7 Å². The monoisotopic (exact) mass is 733 g/mol. The van der Waals surface area contributed by atoms with Crippen LogP contribution in [0.5, 0.6) is 11.5 Å². The Kier molecular flexibility index (Phi) is 10.3. The van der Waals surface area contributed by atoms with E-state index in [-0.39, 0.29) is 17.7 Å². The highest BCUT2D eigenvalue weighted by molar-refractivity contribution is 6.09. The zero-order valence-corrected chi connectivity index (χ0v) is 32.0. The summed E-state index contributed by atoms with van der Waals surface area (Å²) in [5.41, 5.74) is 6.42. The van der Waals surface area contributed by atoms with Gasteiger partial charge in [-0.3, -0.25) is 19.5 Å². The van der Waals surface area contributed by atoms with Gasteiger partial charge in [0.05, 0.1) is 18.8 Å². The molecule has 5 heterocycles. The summed E-state index contributed by atoms with van der Waals surface area (Å²) in [5.74, 6) is 3.73. The Morgan fingerprint density at radius 3 is 2.39 bits per heavy atom. The van der Waals surface area contributed by atoms with E-state index in [4.69, 9.17) is 19.8 Å². The molecule has 11 heteroatoms. The van der Waals surface area contributed by atoms with Crippen molar-refractivity contribution < 1.29 is 18.7 Å². The lowest BCUT2D eigenvalue weighted by Crippen LogP contribution is -2.49. The van der Waals surface area contributed by atoms with Crippen LogP contribution in [0.3, 0.4) is 0 Å². The molecular weight excluding hydrogens is 682 g/mol. The second-order valence-electron chi connectivity index (χ2n) is 16.2. The second-order valence-corrected chi connectivity index (χ2v) is 16.2. The van der Waals surface area contributed by atoms with Crippen LogP contribution in [0.15, 0.2) is 70.8 Å². The molecule has 0 bridgehead atoms. The van der Waals surface area contributed by atoms with Gasteiger partial charge < -0.3 is 14.5 Å². The molecule has 4 fully saturated rings. The number of allylic oxidation sites excluding steroid dienone is 3. The van der Waals surface area contributed by atoms with Crippen LogP contribution in [0.25, 0.3) is 11.4 Å². The van der Waals surface area contributed by atoms with Crippen LogP contribution >= 0.6 is 0 Å². The average Bonchev–Trinajstić information content (AvgIpc) is 3.73. The summed E-state index contributed by atoms with van der Waals surface area (Å²) in [4.78, 5) is 41.9. The Bertz CT molecular complexity index is 1990. The molecule has 2 atom stereocenters. The summed E-state index contributed by atoms with van der Waals surface area (Å²) in [6.07, 6.45) is 7.67. The van der Waals surface area contributed by atoms with E-state index in [2.05, 4.69) is 44.7 Å². The molecule has 2 amide bonds. The molecule has 54 heavy (non-hydrogen) atoms. The lowest BCUT2D eigenvalue weighted by atomic mass is 9.95. The van der Waals surface area contributed by atoms with Gasteiger partial charge in [0.2, 0.25) is 11.8 Å². The van der Waals surface area contributed by atoms with Crippen molar-refractivity contribution in [2.45, 2.75) is 91.0 Å². The molecule has 0 spiro atoms. The fraction of sp³-hybridized carbons (Fsp3) is 0.512. The number of benzene rings is 2. The fourth-order valence-corrected chi connectivity index (χ4v) is 8.30. The first-order valence-electron chi connectivity index (χ1n) is 19.9. The maximum Gasteiger partial charge on any atom is 0.223 e. The van der Waals surface area contributed by atoms with Crippen LogP contribution in [0.2, 0.25) is 0 Å². The molecule has 1 aromatic heterocycles. The Hall–Kier alpha value is -4.64. The summed E-state index contributed by atoms with van der Waals surface area (Å²) in [5, 5.41) is 5.00. The van der Waals surface area contributed by atoms with Gasteiger partial charge in [-0.05, 0) is 84.2 Å². The number of ether oxygens (including phenoxy) is 1. The van der Waals surface area contributed by atoms with E-state index in [9.17, 15) is 14.0 Å². The highest BCUT2D eigenvalue weighted by Gasteiger charge is 2.41. The molecule has 8 rings (SSSR count). The third kappa shape index (κ3) is 7.78. The highest BCUT2D eigenvalue weighted by atomic mass is 19.1. The Balaban J connectivity index is 1.08. The van der Waals surface area contributed by atoms with E-state index < -0.39 is 6.17 Å². The SMILES string of the molecule is CCC1=C(C(C)C)C=CC(c2ccc(Oc3cc(-c4nc(C5CC(=O)N(C6CC6)C5)n(CCN5CC(F)C5)n4)ccc3CN3CC(C)CC3=O)cc2)=NC1. The number of hydrogen-bond donors (Lipinski definition) is 0. The van der Waals surface area contributed by atoms with Crippen LogP contribution in [0.1, 0.15) is 82.7 Å². The van der Waals surface area contributed by atoms with Gasteiger partial charge in [0.1, 0.15) is 23.5 Å². The first kappa shape index (κ1) is 36.3. The zero-order chi connectivity index (χ0) is 37.5. The molecule has 1 saturated carbocycles. The third-order valence-corrected chi connectivity index (χ3v) is 11.5. The summed E-state index contributed by atoms with van der Waals surface area (Å²) in [6.45, 7) is 13.4. The van der Waals surface area contributed by atoms with Crippen molar-refractivity contribution in [1.29, 1.82) is 0 Å². The maximum atomic E-state index is 13.6. The number of rotatable bonds is 13. The van der Waals surface area contributed by atoms with Crippen LogP contribution in [0, 0.1) is 11.8 Å². The van der Waals surface area contributed by atoms with E-state index in [1.54, 1.807) is 0 Å². The first-order valence-corrected chi connectivity index (χ1v) is 19.9. The molecule has 284 valence electrons. The van der Waals surface area contributed by atoms with Crippen molar-refractivity contribution in [3.63, 3.8) is 0 Å². The molecule has 2 aromatic carbocycles. The van der Waals surface area contributed by atoms with Gasteiger partial charge in [-0.25, -0.2) is 14.1 Å². The van der Waals surface area contributed by atoms with Crippen LogP contribution < -0.4 is 4.74 Å². The van der Waals surface area contributed by atoms with Gasteiger partial charge in [0.25, 0.3) is 0 Å². The smallest absolute Gasteiger partial charge is 0.223 e. The topological polar surface area (TPSA) is 96.2 Å². The molecule has 5 aliphatic rings. The largest absolute Gasteiger partial charge is 0.457 e. The van der Waals surface area contributed by atoms with Crippen LogP contribution in [-0.4, -0.2) is 98.5 Å². The molecule has 4 aliphatic heterocycles. The summed E-state index contributed by atoms with van der Waals surface area (Å²) in [7, 11) is 0. The molecule has 1 aliphatic carbocycles. The third-order valence-electron chi connectivity index (χ3n) is 11.5. The minimum absolute atomic E-state index is 0.0458. The Labute approximate surface area is 317 Å². The Morgan fingerprint density at radius 1 is 0.926 bits per heavy atom. The molecule has 2 unspecified atom stereocenters. The van der Waals surface area contributed by atoms with Crippen LogP contribution in [0.4, 0.5) is 4.39 Å². The Morgan fingerprint density at radius 2 is 1.70 bits per heavy atom. The van der Waals surface area contributed by atoms with Crippen molar-refractivity contribution in [2.75, 3.05) is 39.3 Å². The number of carbonyl (C=O) groups excluding carboxylic acids is 2. The van der Waals surface area contributed by atoms with E-state index in [0.29, 0.717) is 100 Å². The lowest BCUT2D eigenvalue weighted by molar-refractivity contribution is -0.129. The molecule has 3 aromatic rings. The minimum atomic E-state index is -0.769. The zero-order valence-electron chi connectivity index (χ0n) is 32.0. The quantitative estimate of drug-likeness (QED) is 0.189. The number of halogens is 1. The lowest BCUT2D eigenvalue weighted by Gasteiger charge is -2.34. The predicted octanol–water partition coefficient (Wildman–Crippen LogP) is 6.96. The first-order chi connectivity index (χ1) is 26.1. The summed E-state index contributed by atoms with van der Waals surface area (Å²) in [6, 6.07) is 14.4. The number of likely N-dealkylation sites (tertiary alicyclic amines) is 3. The van der Waals surface area contributed by atoms with Crippen molar-refractivity contribution in [2.24, 2.45) is 16.8 Å². The van der Waals surface area contributed by atoms with Gasteiger partial charge in [-0.15, -0.1) is 0 Å². The molecule has 0 N–H and O–H groups in total. The van der Waals surface area contributed by atoms with Crippen molar-refractivity contribution in [1.82, 2.24) is 29.5 Å². The maximum absolute atomic E-state index is 13.6. The van der Waals surface area contributed by atoms with E-state index in [0.717, 1.165) is 47.5 Å². The van der Waals surface area contributed by atoms with E-state index >= 15 is 0 Å². The second kappa shape index (κ2) is 15.2. The normalized spacial score (nSPS) is 22.4. The molecule has 3 saturated heterocycles. The molecule has 10 nitrogen and oxygen atoms in total. The predicted molar refractivity (Wildman–Crippen MR) is 207 cm³/mol. The van der Waals surface area contributed by atoms with E-state index in [1.807, 2.05) is 56.9 Å². The summed E-state index contributed by atoms with van der Waals surface area (Å²) >= 11 is 0. The van der Waals surface area contributed by atoms with Gasteiger partial charge in [-0.1, -0.05) is 45.9 Å². The van der Waals surface area contributed by atoms with Crippen molar-refractivity contribution >= 4 is 17.5 Å². The number of carbonyl (C=O) groups is 2. The van der Waals surface area contributed by atoms with Gasteiger partial charge in [0.15, 0.2) is 5.82 Å². The fourth-order valence-electron chi connectivity index (χ4n) is 8.30. The number of alkyl halides is 1. The molecular formula is C43H52FN7O3. The van der Waals surface area contributed by atoms with Gasteiger partial charge in [-0.2, -0.15) is 5.10 Å². The van der Waals surface area contributed by atoms with Gasteiger partial charge >= 0.3 is 0 Å². The minimum Gasteiger partial charge on any atom is -0.457 e.